The molecule has 0 radical (unpaired) electrons. The molecule has 1 saturated heterocycles. The van der Waals surface area contributed by atoms with E-state index in [1.54, 1.807) is 6.92 Å². The number of carbonyl (C=O) groups excluding carboxylic acids is 2. The predicted octanol–water partition coefficient (Wildman–Crippen LogP) is 5.56. The SMILES string of the molecule is CC(=O)N1c2ccc(C3C=CC=C4C3=CNN4C)cc2N(C(=O)C2CC3(CCCCCCCC3)CO2)C[C@@H]1C. The summed E-state index contributed by atoms with van der Waals surface area (Å²) in [7, 11) is 2.01. The van der Waals surface area contributed by atoms with E-state index in [0.29, 0.717) is 13.2 Å². The number of anilines is 2. The van der Waals surface area contributed by atoms with Gasteiger partial charge in [0.05, 0.1) is 29.7 Å². The Morgan fingerprint density at radius 1 is 1.05 bits per heavy atom. The van der Waals surface area contributed by atoms with Gasteiger partial charge in [0.15, 0.2) is 0 Å². The molecular weight excluding hydrogens is 488 g/mol. The minimum absolute atomic E-state index is 0.00244. The molecule has 6 rings (SSSR count). The highest BCUT2D eigenvalue weighted by molar-refractivity contribution is 6.05. The summed E-state index contributed by atoms with van der Waals surface area (Å²) in [6, 6.07) is 6.14. The Morgan fingerprint density at radius 2 is 1.79 bits per heavy atom. The Morgan fingerprint density at radius 3 is 2.54 bits per heavy atom. The van der Waals surface area contributed by atoms with E-state index >= 15 is 0 Å². The number of benzene rings is 1. The molecule has 39 heavy (non-hydrogen) atoms. The van der Waals surface area contributed by atoms with Gasteiger partial charge in [0, 0.05) is 38.2 Å². The Bertz CT molecular complexity index is 1220. The molecule has 5 aliphatic rings. The van der Waals surface area contributed by atoms with Gasteiger partial charge in [-0.1, -0.05) is 56.7 Å². The molecule has 1 aromatic carbocycles. The molecule has 1 saturated carbocycles. The lowest BCUT2D eigenvalue weighted by Gasteiger charge is -2.42. The normalized spacial score (nSPS) is 28.1. The van der Waals surface area contributed by atoms with Crippen LogP contribution in [0.5, 0.6) is 0 Å². The van der Waals surface area contributed by atoms with E-state index in [2.05, 4.69) is 42.0 Å². The van der Waals surface area contributed by atoms with Crippen LogP contribution in [0.1, 0.15) is 83.1 Å². The lowest BCUT2D eigenvalue weighted by atomic mass is 9.76. The summed E-state index contributed by atoms with van der Waals surface area (Å²) in [5, 5.41) is 2.02. The van der Waals surface area contributed by atoms with Crippen molar-refractivity contribution in [1.29, 1.82) is 0 Å². The van der Waals surface area contributed by atoms with Gasteiger partial charge in [0.25, 0.3) is 5.91 Å². The number of nitrogens with zero attached hydrogens (tertiary/aromatic N) is 3. The van der Waals surface area contributed by atoms with Crippen molar-refractivity contribution in [3.63, 3.8) is 0 Å². The molecule has 0 aromatic heterocycles. The third-order valence-electron chi connectivity index (χ3n) is 9.51. The Hall–Kier alpha value is -3.06. The molecule has 2 amide bonds. The van der Waals surface area contributed by atoms with Crippen molar-refractivity contribution in [2.45, 2.75) is 89.7 Å². The van der Waals surface area contributed by atoms with Gasteiger partial charge < -0.3 is 20.0 Å². The maximum atomic E-state index is 14.2. The van der Waals surface area contributed by atoms with Crippen LogP contribution in [-0.2, 0) is 14.3 Å². The fourth-order valence-corrected chi connectivity index (χ4v) is 7.44. The van der Waals surface area contributed by atoms with E-state index in [0.717, 1.165) is 41.9 Å². The zero-order chi connectivity index (χ0) is 27.1. The molecule has 1 spiro atoms. The molecule has 3 heterocycles. The number of ether oxygens (including phenoxy) is 1. The van der Waals surface area contributed by atoms with Crippen molar-refractivity contribution < 1.29 is 14.3 Å². The summed E-state index contributed by atoms with van der Waals surface area (Å²) >= 11 is 0. The number of amides is 2. The minimum atomic E-state index is -0.419. The number of rotatable bonds is 2. The predicted molar refractivity (Wildman–Crippen MR) is 154 cm³/mol. The summed E-state index contributed by atoms with van der Waals surface area (Å²) in [6.07, 6.45) is 18.9. The number of hydrogen-bond donors (Lipinski definition) is 1. The van der Waals surface area contributed by atoms with Crippen LogP contribution in [0.4, 0.5) is 11.4 Å². The smallest absolute Gasteiger partial charge is 0.256 e. The Kier molecular flexibility index (Phi) is 7.04. The average Bonchev–Trinajstić information content (AvgIpc) is 3.55. The number of hydrogen-bond acceptors (Lipinski definition) is 5. The number of likely N-dealkylation sites (N-methyl/N-ethyl adjacent to an activating group) is 1. The first kappa shape index (κ1) is 26.2. The van der Waals surface area contributed by atoms with E-state index in [1.807, 2.05) is 34.8 Å². The molecule has 2 unspecified atom stereocenters. The fraction of sp³-hybridized carbons (Fsp3) is 0.562. The first-order valence-corrected chi connectivity index (χ1v) is 14.8. The molecule has 2 fully saturated rings. The largest absolute Gasteiger partial charge is 0.368 e. The third kappa shape index (κ3) is 4.79. The van der Waals surface area contributed by atoms with Crippen LogP contribution in [0.3, 0.4) is 0 Å². The maximum Gasteiger partial charge on any atom is 0.256 e. The van der Waals surface area contributed by atoms with Crippen LogP contribution >= 0.6 is 0 Å². The summed E-state index contributed by atoms with van der Waals surface area (Å²) in [5.41, 5.74) is 8.49. The van der Waals surface area contributed by atoms with Crippen LogP contribution in [0.2, 0.25) is 0 Å². The van der Waals surface area contributed by atoms with Gasteiger partial charge in [-0.2, -0.15) is 0 Å². The van der Waals surface area contributed by atoms with Gasteiger partial charge in [-0.25, -0.2) is 0 Å². The van der Waals surface area contributed by atoms with Crippen molar-refractivity contribution >= 4 is 23.2 Å². The number of allylic oxidation sites excluding steroid dienone is 4. The molecule has 3 atom stereocenters. The van der Waals surface area contributed by atoms with E-state index in [1.165, 1.54) is 44.1 Å². The summed E-state index contributed by atoms with van der Waals surface area (Å²) in [6.45, 7) is 4.80. The zero-order valence-corrected chi connectivity index (χ0v) is 23.6. The average molecular weight is 531 g/mol. The van der Waals surface area contributed by atoms with E-state index in [-0.39, 0.29) is 29.2 Å². The highest BCUT2D eigenvalue weighted by Gasteiger charge is 2.45. The molecule has 0 bridgehead atoms. The van der Waals surface area contributed by atoms with Crippen LogP contribution in [0.25, 0.3) is 0 Å². The van der Waals surface area contributed by atoms with Crippen LogP contribution < -0.4 is 15.2 Å². The number of nitrogens with one attached hydrogen (secondary N) is 1. The molecule has 1 aromatic rings. The summed E-state index contributed by atoms with van der Waals surface area (Å²) in [4.78, 5) is 30.7. The lowest BCUT2D eigenvalue weighted by Crippen LogP contribution is -2.53. The molecule has 2 aliphatic carbocycles. The van der Waals surface area contributed by atoms with Gasteiger partial charge in [-0.05, 0) is 55.4 Å². The monoisotopic (exact) mass is 530 g/mol. The lowest BCUT2D eigenvalue weighted by molar-refractivity contribution is -0.127. The van der Waals surface area contributed by atoms with Gasteiger partial charge in [0.1, 0.15) is 6.10 Å². The van der Waals surface area contributed by atoms with Gasteiger partial charge in [0.2, 0.25) is 5.91 Å². The van der Waals surface area contributed by atoms with Gasteiger partial charge >= 0.3 is 0 Å². The highest BCUT2D eigenvalue weighted by Crippen LogP contribution is 2.46. The third-order valence-corrected chi connectivity index (χ3v) is 9.51. The second-order valence-electron chi connectivity index (χ2n) is 12.3. The fourth-order valence-electron chi connectivity index (χ4n) is 7.44. The second-order valence-corrected chi connectivity index (χ2v) is 12.3. The molecule has 7 nitrogen and oxygen atoms in total. The van der Waals surface area contributed by atoms with E-state index < -0.39 is 6.10 Å². The maximum absolute atomic E-state index is 14.2. The van der Waals surface area contributed by atoms with Crippen LogP contribution in [0, 0.1) is 5.41 Å². The van der Waals surface area contributed by atoms with Crippen molar-refractivity contribution in [1.82, 2.24) is 10.4 Å². The van der Waals surface area contributed by atoms with Crippen molar-refractivity contribution in [3.8, 4) is 0 Å². The van der Waals surface area contributed by atoms with E-state index in [9.17, 15) is 9.59 Å². The summed E-state index contributed by atoms with van der Waals surface area (Å²) < 4.78 is 6.32. The second kappa shape index (κ2) is 10.5. The molecule has 208 valence electrons. The Labute approximate surface area is 232 Å². The molecular formula is C32H42N4O3. The highest BCUT2D eigenvalue weighted by atomic mass is 16.5. The first-order chi connectivity index (χ1) is 18.9. The van der Waals surface area contributed by atoms with Crippen LogP contribution in [0.15, 0.2) is 53.9 Å². The van der Waals surface area contributed by atoms with Gasteiger partial charge in [-0.3, -0.25) is 14.6 Å². The van der Waals surface area contributed by atoms with Crippen molar-refractivity contribution in [3.05, 3.63) is 59.5 Å². The minimum Gasteiger partial charge on any atom is -0.368 e. The molecule has 1 N–H and O–H groups in total. The van der Waals surface area contributed by atoms with Crippen molar-refractivity contribution in [2.24, 2.45) is 5.41 Å². The summed E-state index contributed by atoms with van der Waals surface area (Å²) in [5.74, 6) is 0.110. The van der Waals surface area contributed by atoms with Gasteiger partial charge in [-0.15, -0.1) is 0 Å². The number of fused-ring (bicyclic) bond motifs is 2. The van der Waals surface area contributed by atoms with E-state index in [4.69, 9.17) is 4.74 Å². The quantitative estimate of drug-likeness (QED) is 0.543. The zero-order valence-electron chi connectivity index (χ0n) is 23.6. The first-order valence-electron chi connectivity index (χ1n) is 14.8. The van der Waals surface area contributed by atoms with Crippen molar-refractivity contribution in [2.75, 3.05) is 30.0 Å². The molecule has 7 heteroatoms. The topological polar surface area (TPSA) is 65.1 Å². The van der Waals surface area contributed by atoms with Crippen LogP contribution in [-0.4, -0.2) is 49.2 Å². The Balaban J connectivity index is 1.31. The molecule has 3 aliphatic heterocycles. The standard InChI is InChI=1S/C32H42N4O3/c1-22-20-35(31(38)30-18-32(21-39-30)15-8-6-4-5-7-9-16-32)29-17-24(13-14-28(29)36(22)23(2)37)25-11-10-12-27-26(25)19-33-34(27)3/h10-14,17,19,22,25,30,33H,4-9,15-16,18,20-21H2,1-3H3/t22-,25?,30?/m0/s1. The number of carbonyl (C=O) groups is 2. The number of hydrazine groups is 1.